The Bertz CT molecular complexity index is 145. The standard InChI is InChI=1S/C9H15N/c1-5-7-9(6-2)8(3)10-4/h5-8,10H,1-2H2,3-4H3/b9-7+/t8-/m1/s1. The highest BCUT2D eigenvalue weighted by molar-refractivity contribution is 5.25. The summed E-state index contributed by atoms with van der Waals surface area (Å²) < 4.78 is 0. The molecule has 0 saturated heterocycles. The Labute approximate surface area is 63.1 Å². The molecule has 0 bridgehead atoms. The van der Waals surface area contributed by atoms with Crippen molar-refractivity contribution in [3.05, 3.63) is 37.0 Å². The molecule has 1 atom stereocenters. The first-order valence-electron chi connectivity index (χ1n) is 3.38. The smallest absolute Gasteiger partial charge is 0.0288 e. The van der Waals surface area contributed by atoms with E-state index in [1.807, 2.05) is 19.2 Å². The van der Waals surface area contributed by atoms with E-state index in [1.165, 1.54) is 0 Å². The van der Waals surface area contributed by atoms with Crippen molar-refractivity contribution in [2.75, 3.05) is 7.05 Å². The average Bonchev–Trinajstić information content (AvgIpc) is 1.99. The van der Waals surface area contributed by atoms with E-state index < -0.39 is 0 Å². The van der Waals surface area contributed by atoms with Crippen LogP contribution in [-0.2, 0) is 0 Å². The second-order valence-electron chi connectivity index (χ2n) is 2.12. The lowest BCUT2D eigenvalue weighted by molar-refractivity contribution is 0.706. The Morgan fingerprint density at radius 1 is 1.50 bits per heavy atom. The minimum absolute atomic E-state index is 0.357. The highest BCUT2D eigenvalue weighted by Crippen LogP contribution is 2.01. The van der Waals surface area contributed by atoms with Crippen LogP contribution in [0.4, 0.5) is 0 Å². The molecule has 1 N–H and O–H groups in total. The summed E-state index contributed by atoms with van der Waals surface area (Å²) in [6.45, 7) is 9.39. The molecule has 56 valence electrons. The molecule has 1 nitrogen and oxygen atoms in total. The van der Waals surface area contributed by atoms with Gasteiger partial charge in [-0.1, -0.05) is 31.4 Å². The quantitative estimate of drug-likeness (QED) is 0.583. The van der Waals surface area contributed by atoms with Crippen LogP contribution in [0.1, 0.15) is 6.92 Å². The number of likely N-dealkylation sites (N-methyl/N-ethyl adjacent to an activating group) is 1. The van der Waals surface area contributed by atoms with Crippen molar-refractivity contribution in [3.63, 3.8) is 0 Å². The monoisotopic (exact) mass is 137 g/mol. The van der Waals surface area contributed by atoms with Gasteiger partial charge in [0.2, 0.25) is 0 Å². The van der Waals surface area contributed by atoms with Gasteiger partial charge in [-0.3, -0.25) is 0 Å². The zero-order chi connectivity index (χ0) is 7.98. The molecular formula is C9H15N. The number of hydrogen-bond donors (Lipinski definition) is 1. The van der Waals surface area contributed by atoms with Gasteiger partial charge in [-0.2, -0.15) is 0 Å². The molecule has 0 aliphatic heterocycles. The van der Waals surface area contributed by atoms with Crippen molar-refractivity contribution in [1.82, 2.24) is 5.32 Å². The zero-order valence-corrected chi connectivity index (χ0v) is 6.72. The lowest BCUT2D eigenvalue weighted by atomic mass is 10.1. The van der Waals surface area contributed by atoms with Gasteiger partial charge in [0.25, 0.3) is 0 Å². The van der Waals surface area contributed by atoms with E-state index in [0.717, 1.165) is 5.57 Å². The third kappa shape index (κ3) is 2.65. The molecule has 0 aliphatic carbocycles. The van der Waals surface area contributed by atoms with Crippen LogP contribution in [0, 0.1) is 0 Å². The topological polar surface area (TPSA) is 12.0 Å². The molecule has 0 saturated carbocycles. The lowest BCUT2D eigenvalue weighted by Gasteiger charge is -2.09. The SMILES string of the molecule is C=C/C=C(\C=C)[C@@H](C)NC. The molecule has 0 spiro atoms. The third-order valence-corrected chi connectivity index (χ3v) is 1.48. The summed E-state index contributed by atoms with van der Waals surface area (Å²) in [5.74, 6) is 0. The fourth-order valence-corrected chi connectivity index (χ4v) is 0.692. The van der Waals surface area contributed by atoms with Crippen molar-refractivity contribution in [1.29, 1.82) is 0 Å². The number of allylic oxidation sites excluding steroid dienone is 2. The van der Waals surface area contributed by atoms with Crippen LogP contribution in [0.5, 0.6) is 0 Å². The molecule has 0 radical (unpaired) electrons. The molecule has 0 fully saturated rings. The van der Waals surface area contributed by atoms with Crippen LogP contribution in [-0.4, -0.2) is 13.1 Å². The van der Waals surface area contributed by atoms with Crippen LogP contribution in [0.15, 0.2) is 37.0 Å². The predicted molar refractivity (Wildman–Crippen MR) is 47.0 cm³/mol. The normalized spacial score (nSPS) is 14.4. The van der Waals surface area contributed by atoms with Crippen LogP contribution in [0.2, 0.25) is 0 Å². The van der Waals surface area contributed by atoms with Crippen molar-refractivity contribution in [2.45, 2.75) is 13.0 Å². The summed E-state index contributed by atoms with van der Waals surface area (Å²) in [5.41, 5.74) is 1.16. The minimum Gasteiger partial charge on any atom is -0.313 e. The van der Waals surface area contributed by atoms with Gasteiger partial charge < -0.3 is 5.32 Å². The molecule has 0 heterocycles. The molecule has 0 unspecified atom stereocenters. The molecule has 1 heteroatoms. The molecule has 0 aliphatic rings. The first-order chi connectivity index (χ1) is 4.76. The Morgan fingerprint density at radius 3 is 2.40 bits per heavy atom. The van der Waals surface area contributed by atoms with Crippen LogP contribution in [0.25, 0.3) is 0 Å². The highest BCUT2D eigenvalue weighted by Gasteiger charge is 1.98. The van der Waals surface area contributed by atoms with Crippen LogP contribution in [0.3, 0.4) is 0 Å². The molecule has 0 aromatic carbocycles. The number of nitrogens with one attached hydrogen (secondary N) is 1. The van der Waals surface area contributed by atoms with Gasteiger partial charge >= 0.3 is 0 Å². The maximum absolute atomic E-state index is 3.69. The van der Waals surface area contributed by atoms with E-state index in [1.54, 1.807) is 6.08 Å². The van der Waals surface area contributed by atoms with Gasteiger partial charge in [0, 0.05) is 6.04 Å². The second-order valence-corrected chi connectivity index (χ2v) is 2.12. The van der Waals surface area contributed by atoms with E-state index >= 15 is 0 Å². The fourth-order valence-electron chi connectivity index (χ4n) is 0.692. The van der Waals surface area contributed by atoms with Crippen molar-refractivity contribution in [2.24, 2.45) is 0 Å². The predicted octanol–water partition coefficient (Wildman–Crippen LogP) is 1.89. The minimum atomic E-state index is 0.357. The van der Waals surface area contributed by atoms with Gasteiger partial charge in [-0.15, -0.1) is 0 Å². The van der Waals surface area contributed by atoms with E-state index in [0.29, 0.717) is 6.04 Å². The third-order valence-electron chi connectivity index (χ3n) is 1.48. The summed E-state index contributed by atoms with van der Waals surface area (Å²) in [4.78, 5) is 0. The summed E-state index contributed by atoms with van der Waals surface area (Å²) in [7, 11) is 1.92. The van der Waals surface area contributed by atoms with Crippen molar-refractivity contribution < 1.29 is 0 Å². The Hall–Kier alpha value is -0.820. The highest BCUT2D eigenvalue weighted by atomic mass is 14.9. The molecule has 0 aromatic rings. The first kappa shape index (κ1) is 9.18. The molecular weight excluding hydrogens is 122 g/mol. The van der Waals surface area contributed by atoms with Gasteiger partial charge in [0.1, 0.15) is 0 Å². The molecule has 0 rings (SSSR count). The summed E-state index contributed by atoms with van der Waals surface area (Å²) in [6.07, 6.45) is 5.56. The van der Waals surface area contributed by atoms with E-state index in [-0.39, 0.29) is 0 Å². The lowest BCUT2D eigenvalue weighted by Crippen LogP contribution is -2.22. The van der Waals surface area contributed by atoms with Gasteiger partial charge in [0.15, 0.2) is 0 Å². The molecule has 0 aromatic heterocycles. The summed E-state index contributed by atoms with van der Waals surface area (Å²) in [5, 5.41) is 3.11. The zero-order valence-electron chi connectivity index (χ0n) is 6.72. The van der Waals surface area contributed by atoms with Gasteiger partial charge in [-0.25, -0.2) is 0 Å². The van der Waals surface area contributed by atoms with Crippen molar-refractivity contribution in [3.8, 4) is 0 Å². The Balaban J connectivity index is 4.18. The van der Waals surface area contributed by atoms with E-state index in [9.17, 15) is 0 Å². The second kappa shape index (κ2) is 5.00. The van der Waals surface area contributed by atoms with Gasteiger partial charge in [-0.05, 0) is 19.5 Å². The number of rotatable bonds is 4. The molecule has 10 heavy (non-hydrogen) atoms. The maximum Gasteiger partial charge on any atom is 0.0288 e. The first-order valence-corrected chi connectivity index (χ1v) is 3.38. The van der Waals surface area contributed by atoms with E-state index in [4.69, 9.17) is 0 Å². The number of hydrogen-bond acceptors (Lipinski definition) is 1. The largest absolute Gasteiger partial charge is 0.313 e. The van der Waals surface area contributed by atoms with Gasteiger partial charge in [0.05, 0.1) is 0 Å². The Morgan fingerprint density at radius 2 is 2.10 bits per heavy atom. The Kier molecular flexibility index (Phi) is 4.59. The van der Waals surface area contributed by atoms with E-state index in [2.05, 4.69) is 25.4 Å². The summed E-state index contributed by atoms with van der Waals surface area (Å²) in [6, 6.07) is 0.357. The summed E-state index contributed by atoms with van der Waals surface area (Å²) >= 11 is 0. The maximum atomic E-state index is 3.69. The molecule has 0 amide bonds. The van der Waals surface area contributed by atoms with Crippen LogP contribution < -0.4 is 5.32 Å². The average molecular weight is 137 g/mol. The fraction of sp³-hybridized carbons (Fsp3) is 0.333. The van der Waals surface area contributed by atoms with Crippen LogP contribution >= 0.6 is 0 Å². The van der Waals surface area contributed by atoms with Crippen molar-refractivity contribution >= 4 is 0 Å².